The van der Waals surface area contributed by atoms with Gasteiger partial charge in [-0.25, -0.2) is 13.9 Å². The number of rotatable bonds is 5. The third-order valence-electron chi connectivity index (χ3n) is 4.00. The van der Waals surface area contributed by atoms with Gasteiger partial charge in [-0.3, -0.25) is 0 Å². The maximum Gasteiger partial charge on any atom is 0.319 e. The number of para-hydroxylation sites is 2. The fraction of sp³-hybridized carbons (Fsp3) is 0.200. The second kappa shape index (κ2) is 7.82. The first kappa shape index (κ1) is 17.7. The van der Waals surface area contributed by atoms with Gasteiger partial charge in [-0.05, 0) is 56.2 Å². The molecule has 5 nitrogen and oxygen atoms in total. The maximum absolute atomic E-state index is 12.9. The molecule has 0 bridgehead atoms. The SMILES string of the molecule is Cc1cc(C)n(-c2ccccc2NC(=O)NCCc2ccc(F)cc2)n1. The summed E-state index contributed by atoms with van der Waals surface area (Å²) in [7, 11) is 0. The smallest absolute Gasteiger partial charge is 0.319 e. The van der Waals surface area contributed by atoms with Crippen LogP contribution in [-0.2, 0) is 6.42 Å². The standard InChI is InChI=1S/C20H21FN4O/c1-14-13-15(2)25(24-14)19-6-4-3-5-18(19)23-20(26)22-12-11-16-7-9-17(21)10-8-16/h3-10,13H,11-12H2,1-2H3,(H2,22,23,26). The van der Waals surface area contributed by atoms with Gasteiger partial charge in [0.1, 0.15) is 5.82 Å². The fourth-order valence-corrected chi connectivity index (χ4v) is 2.77. The number of aryl methyl sites for hydroxylation is 2. The van der Waals surface area contributed by atoms with Gasteiger partial charge in [0.15, 0.2) is 0 Å². The van der Waals surface area contributed by atoms with Crippen LogP contribution in [-0.4, -0.2) is 22.4 Å². The van der Waals surface area contributed by atoms with Crippen LogP contribution >= 0.6 is 0 Å². The fourth-order valence-electron chi connectivity index (χ4n) is 2.77. The average Bonchev–Trinajstić information content (AvgIpc) is 2.95. The summed E-state index contributed by atoms with van der Waals surface area (Å²) in [5.74, 6) is -0.264. The maximum atomic E-state index is 12.9. The Balaban J connectivity index is 1.63. The zero-order chi connectivity index (χ0) is 18.5. The van der Waals surface area contributed by atoms with Crippen LogP contribution in [0.15, 0.2) is 54.6 Å². The molecule has 0 spiro atoms. The van der Waals surface area contributed by atoms with Crippen molar-refractivity contribution in [1.29, 1.82) is 0 Å². The first-order valence-electron chi connectivity index (χ1n) is 8.45. The topological polar surface area (TPSA) is 59.0 Å². The van der Waals surface area contributed by atoms with E-state index in [2.05, 4.69) is 15.7 Å². The minimum Gasteiger partial charge on any atom is -0.338 e. The normalized spacial score (nSPS) is 10.6. The molecule has 0 atom stereocenters. The van der Waals surface area contributed by atoms with E-state index in [0.29, 0.717) is 18.7 Å². The molecule has 1 heterocycles. The van der Waals surface area contributed by atoms with Gasteiger partial charge in [0.25, 0.3) is 0 Å². The van der Waals surface area contributed by atoms with Gasteiger partial charge in [0.2, 0.25) is 0 Å². The first-order chi connectivity index (χ1) is 12.5. The van der Waals surface area contributed by atoms with Gasteiger partial charge >= 0.3 is 6.03 Å². The molecule has 0 aliphatic heterocycles. The van der Waals surface area contributed by atoms with E-state index in [9.17, 15) is 9.18 Å². The van der Waals surface area contributed by atoms with E-state index in [0.717, 1.165) is 22.6 Å². The van der Waals surface area contributed by atoms with Gasteiger partial charge < -0.3 is 10.6 Å². The van der Waals surface area contributed by atoms with E-state index in [1.807, 2.05) is 48.9 Å². The molecule has 0 unspecified atom stereocenters. The van der Waals surface area contributed by atoms with Crippen molar-refractivity contribution in [1.82, 2.24) is 15.1 Å². The van der Waals surface area contributed by atoms with E-state index in [1.54, 1.807) is 12.1 Å². The summed E-state index contributed by atoms with van der Waals surface area (Å²) < 4.78 is 14.7. The van der Waals surface area contributed by atoms with Crippen LogP contribution in [0.1, 0.15) is 17.0 Å². The molecule has 3 aromatic rings. The lowest BCUT2D eigenvalue weighted by Gasteiger charge is -2.13. The number of aromatic nitrogens is 2. The summed E-state index contributed by atoms with van der Waals surface area (Å²) in [4.78, 5) is 12.2. The summed E-state index contributed by atoms with van der Waals surface area (Å²) in [6.45, 7) is 4.36. The van der Waals surface area contributed by atoms with Crippen molar-refractivity contribution in [3.8, 4) is 5.69 Å². The number of amides is 2. The van der Waals surface area contributed by atoms with Crippen LogP contribution in [0.3, 0.4) is 0 Å². The molecule has 1 aromatic heterocycles. The summed E-state index contributed by atoms with van der Waals surface area (Å²) >= 11 is 0. The van der Waals surface area contributed by atoms with E-state index in [1.165, 1.54) is 12.1 Å². The third kappa shape index (κ3) is 4.27. The zero-order valence-electron chi connectivity index (χ0n) is 14.8. The van der Waals surface area contributed by atoms with Crippen molar-refractivity contribution in [3.05, 3.63) is 77.4 Å². The van der Waals surface area contributed by atoms with Crippen LogP contribution in [0.2, 0.25) is 0 Å². The Morgan fingerprint density at radius 3 is 2.54 bits per heavy atom. The number of hydrogen-bond donors (Lipinski definition) is 2. The molecule has 2 aromatic carbocycles. The predicted octanol–water partition coefficient (Wildman–Crippen LogP) is 3.99. The van der Waals surface area contributed by atoms with Gasteiger partial charge in [-0.15, -0.1) is 0 Å². The average molecular weight is 352 g/mol. The van der Waals surface area contributed by atoms with E-state index < -0.39 is 0 Å². The van der Waals surface area contributed by atoms with Crippen molar-refractivity contribution in [2.45, 2.75) is 20.3 Å². The van der Waals surface area contributed by atoms with E-state index >= 15 is 0 Å². The Morgan fingerprint density at radius 1 is 1.12 bits per heavy atom. The Labute approximate surface area is 151 Å². The van der Waals surface area contributed by atoms with Crippen LogP contribution in [0.25, 0.3) is 5.69 Å². The molecule has 134 valence electrons. The first-order valence-corrected chi connectivity index (χ1v) is 8.45. The number of nitrogens with one attached hydrogen (secondary N) is 2. The lowest BCUT2D eigenvalue weighted by Crippen LogP contribution is -2.30. The molecule has 0 radical (unpaired) electrons. The molecule has 3 rings (SSSR count). The van der Waals surface area contributed by atoms with Gasteiger partial charge in [0, 0.05) is 12.2 Å². The molecule has 0 aliphatic rings. The Kier molecular flexibility index (Phi) is 5.31. The lowest BCUT2D eigenvalue weighted by molar-refractivity contribution is 0.252. The van der Waals surface area contributed by atoms with Crippen molar-refractivity contribution in [2.75, 3.05) is 11.9 Å². The van der Waals surface area contributed by atoms with Gasteiger partial charge in [-0.2, -0.15) is 5.10 Å². The Morgan fingerprint density at radius 2 is 1.85 bits per heavy atom. The highest BCUT2D eigenvalue weighted by molar-refractivity contribution is 5.91. The highest BCUT2D eigenvalue weighted by atomic mass is 19.1. The van der Waals surface area contributed by atoms with Gasteiger partial charge in [0.05, 0.1) is 17.1 Å². The summed E-state index contributed by atoms with van der Waals surface area (Å²) in [6.07, 6.45) is 0.632. The number of urea groups is 1. The number of carbonyl (C=O) groups excluding carboxylic acids is 1. The van der Waals surface area contributed by atoms with Crippen LogP contribution in [0.4, 0.5) is 14.9 Å². The number of hydrogen-bond acceptors (Lipinski definition) is 2. The molecule has 0 aliphatic carbocycles. The predicted molar refractivity (Wildman–Crippen MR) is 100 cm³/mol. The van der Waals surface area contributed by atoms with Gasteiger partial charge in [-0.1, -0.05) is 24.3 Å². The van der Waals surface area contributed by atoms with E-state index in [4.69, 9.17) is 0 Å². The molecule has 0 fully saturated rings. The monoisotopic (exact) mass is 352 g/mol. The summed E-state index contributed by atoms with van der Waals surface area (Å²) in [6, 6.07) is 15.5. The number of carbonyl (C=O) groups is 1. The largest absolute Gasteiger partial charge is 0.338 e. The van der Waals surface area contributed by atoms with Crippen molar-refractivity contribution in [2.24, 2.45) is 0 Å². The molecule has 26 heavy (non-hydrogen) atoms. The molecule has 2 amide bonds. The second-order valence-electron chi connectivity index (χ2n) is 6.11. The third-order valence-corrected chi connectivity index (χ3v) is 4.00. The zero-order valence-corrected chi connectivity index (χ0v) is 14.8. The minimum atomic E-state index is -0.291. The molecule has 0 saturated carbocycles. The Hall–Kier alpha value is -3.15. The number of benzene rings is 2. The second-order valence-corrected chi connectivity index (χ2v) is 6.11. The number of nitrogens with zero attached hydrogens (tertiary/aromatic N) is 2. The molecule has 0 saturated heterocycles. The van der Waals surface area contributed by atoms with Crippen LogP contribution < -0.4 is 10.6 Å². The van der Waals surface area contributed by atoms with Crippen molar-refractivity contribution in [3.63, 3.8) is 0 Å². The van der Waals surface area contributed by atoms with Crippen LogP contribution in [0, 0.1) is 19.7 Å². The quantitative estimate of drug-likeness (QED) is 0.729. The lowest BCUT2D eigenvalue weighted by atomic mass is 10.1. The summed E-state index contributed by atoms with van der Waals surface area (Å²) in [5, 5.41) is 10.2. The summed E-state index contributed by atoms with van der Waals surface area (Å²) in [5.41, 5.74) is 4.37. The van der Waals surface area contributed by atoms with Crippen molar-refractivity contribution < 1.29 is 9.18 Å². The van der Waals surface area contributed by atoms with Crippen LogP contribution in [0.5, 0.6) is 0 Å². The molecular weight excluding hydrogens is 331 g/mol. The Bertz CT molecular complexity index is 902. The molecular formula is C20H21FN4O. The highest BCUT2D eigenvalue weighted by Gasteiger charge is 2.10. The minimum absolute atomic E-state index is 0.264. The molecule has 2 N–H and O–H groups in total. The number of anilines is 1. The molecule has 6 heteroatoms. The number of halogens is 1. The van der Waals surface area contributed by atoms with E-state index in [-0.39, 0.29) is 11.8 Å². The van der Waals surface area contributed by atoms with Crippen molar-refractivity contribution >= 4 is 11.7 Å². The highest BCUT2D eigenvalue weighted by Crippen LogP contribution is 2.21.